The molecule has 2 aliphatic rings. The molecule has 1 aromatic carbocycles. The van der Waals surface area contributed by atoms with Crippen LogP contribution in [0.25, 0.3) is 0 Å². The largest absolute Gasteiger partial charge is 0.391 e. The third-order valence-corrected chi connectivity index (χ3v) is 4.41. The molecule has 0 radical (unpaired) electrons. The number of ether oxygens (including phenoxy) is 1. The molecule has 3 rings (SSSR count). The van der Waals surface area contributed by atoms with Gasteiger partial charge in [-0.3, -0.25) is 4.79 Å². The minimum atomic E-state index is -0.418. The number of benzene rings is 1. The molecule has 1 aromatic rings. The van der Waals surface area contributed by atoms with Crippen molar-refractivity contribution >= 4 is 5.91 Å². The van der Waals surface area contributed by atoms with Gasteiger partial charge in [0.1, 0.15) is 6.10 Å². The maximum absolute atomic E-state index is 12.6. The van der Waals surface area contributed by atoms with Gasteiger partial charge in [-0.05, 0) is 37.3 Å². The molecule has 4 heteroatoms. The number of rotatable bonds is 1. The van der Waals surface area contributed by atoms with E-state index in [-0.39, 0.29) is 24.7 Å². The van der Waals surface area contributed by atoms with Crippen molar-refractivity contribution in [1.29, 1.82) is 0 Å². The predicted molar refractivity (Wildman–Crippen MR) is 75.3 cm³/mol. The van der Waals surface area contributed by atoms with E-state index in [1.54, 1.807) is 0 Å². The first-order chi connectivity index (χ1) is 9.66. The highest BCUT2D eigenvalue weighted by molar-refractivity contribution is 5.81. The van der Waals surface area contributed by atoms with Gasteiger partial charge in [0, 0.05) is 6.54 Å². The first-order valence-corrected chi connectivity index (χ1v) is 7.35. The average molecular weight is 275 g/mol. The van der Waals surface area contributed by atoms with Crippen molar-refractivity contribution in [3.8, 4) is 0 Å². The van der Waals surface area contributed by atoms with Crippen LogP contribution in [-0.2, 0) is 16.0 Å². The van der Waals surface area contributed by atoms with Gasteiger partial charge in [0.2, 0.25) is 0 Å². The van der Waals surface area contributed by atoms with Crippen LogP contribution in [-0.4, -0.2) is 41.3 Å². The van der Waals surface area contributed by atoms with Crippen LogP contribution in [0.5, 0.6) is 0 Å². The molecule has 1 N–H and O–H groups in total. The molecule has 1 amide bonds. The molecule has 1 saturated heterocycles. The standard InChI is InChI=1S/C16H21NO3/c1-11-14-5-3-2-4-12(14)8-9-17(11)16(19)15-7-6-13(18)10-20-15/h2-5,11,13,15,18H,6-10H2,1H3/t11-,13-,15+/m0/s1. The van der Waals surface area contributed by atoms with E-state index in [9.17, 15) is 9.90 Å². The summed E-state index contributed by atoms with van der Waals surface area (Å²) in [7, 11) is 0. The van der Waals surface area contributed by atoms with Crippen molar-refractivity contribution in [3.05, 3.63) is 35.4 Å². The molecular formula is C16H21NO3. The number of hydrogen-bond donors (Lipinski definition) is 1. The summed E-state index contributed by atoms with van der Waals surface area (Å²) < 4.78 is 5.50. The summed E-state index contributed by atoms with van der Waals surface area (Å²) in [4.78, 5) is 14.5. The normalized spacial score (nSPS) is 29.9. The van der Waals surface area contributed by atoms with Crippen LogP contribution in [0.15, 0.2) is 24.3 Å². The Labute approximate surface area is 119 Å². The maximum Gasteiger partial charge on any atom is 0.252 e. The van der Waals surface area contributed by atoms with Crippen LogP contribution in [0.3, 0.4) is 0 Å². The van der Waals surface area contributed by atoms with Crippen molar-refractivity contribution in [1.82, 2.24) is 4.90 Å². The van der Waals surface area contributed by atoms with Crippen LogP contribution in [0.4, 0.5) is 0 Å². The molecular weight excluding hydrogens is 254 g/mol. The van der Waals surface area contributed by atoms with Gasteiger partial charge in [-0.1, -0.05) is 24.3 Å². The van der Waals surface area contributed by atoms with Crippen molar-refractivity contribution < 1.29 is 14.6 Å². The van der Waals surface area contributed by atoms with Gasteiger partial charge < -0.3 is 14.7 Å². The van der Waals surface area contributed by atoms with E-state index in [0.29, 0.717) is 12.8 Å². The fourth-order valence-electron chi connectivity index (χ4n) is 3.19. The molecule has 1 fully saturated rings. The summed E-state index contributed by atoms with van der Waals surface area (Å²) in [6.45, 7) is 3.10. The Hall–Kier alpha value is -1.39. The van der Waals surface area contributed by atoms with Crippen LogP contribution in [0, 0.1) is 0 Å². The number of aliphatic hydroxyl groups excluding tert-OH is 1. The number of nitrogens with zero attached hydrogens (tertiary/aromatic N) is 1. The first-order valence-electron chi connectivity index (χ1n) is 7.35. The molecule has 2 heterocycles. The molecule has 0 spiro atoms. The summed E-state index contributed by atoms with van der Waals surface area (Å²) in [6.07, 6.45) is 1.37. The van der Waals surface area contributed by atoms with Gasteiger partial charge in [-0.25, -0.2) is 0 Å². The molecule has 0 aliphatic carbocycles. The van der Waals surface area contributed by atoms with Crippen LogP contribution >= 0.6 is 0 Å². The zero-order valence-corrected chi connectivity index (χ0v) is 11.8. The Balaban J connectivity index is 1.74. The van der Waals surface area contributed by atoms with E-state index in [0.717, 1.165) is 13.0 Å². The SMILES string of the molecule is C[C@H]1c2ccccc2CCN1C(=O)[C@H]1CC[C@H](O)CO1. The molecule has 4 nitrogen and oxygen atoms in total. The Kier molecular flexibility index (Phi) is 3.76. The number of amides is 1. The fraction of sp³-hybridized carbons (Fsp3) is 0.562. The van der Waals surface area contributed by atoms with Gasteiger partial charge in [0.15, 0.2) is 0 Å². The Morgan fingerprint density at radius 1 is 1.35 bits per heavy atom. The highest BCUT2D eigenvalue weighted by atomic mass is 16.5. The number of carbonyl (C=O) groups excluding carboxylic acids is 1. The van der Waals surface area contributed by atoms with E-state index in [2.05, 4.69) is 25.1 Å². The summed E-state index contributed by atoms with van der Waals surface area (Å²) in [5.41, 5.74) is 2.58. The Morgan fingerprint density at radius 3 is 2.90 bits per heavy atom. The maximum atomic E-state index is 12.6. The lowest BCUT2D eigenvalue weighted by Crippen LogP contribution is -2.47. The molecule has 0 bridgehead atoms. The Bertz CT molecular complexity index is 494. The monoisotopic (exact) mass is 275 g/mol. The van der Waals surface area contributed by atoms with E-state index < -0.39 is 6.10 Å². The van der Waals surface area contributed by atoms with E-state index in [4.69, 9.17) is 4.74 Å². The number of fused-ring (bicyclic) bond motifs is 1. The highest BCUT2D eigenvalue weighted by Gasteiger charge is 2.34. The van der Waals surface area contributed by atoms with Crippen LogP contribution in [0.2, 0.25) is 0 Å². The molecule has 20 heavy (non-hydrogen) atoms. The second-order valence-electron chi connectivity index (χ2n) is 5.71. The van der Waals surface area contributed by atoms with Gasteiger partial charge in [-0.15, -0.1) is 0 Å². The van der Waals surface area contributed by atoms with E-state index in [1.165, 1.54) is 11.1 Å². The van der Waals surface area contributed by atoms with Crippen molar-refractivity contribution in [2.45, 2.75) is 44.4 Å². The molecule has 3 atom stereocenters. The Morgan fingerprint density at radius 2 is 2.15 bits per heavy atom. The molecule has 108 valence electrons. The first kappa shape index (κ1) is 13.6. The lowest BCUT2D eigenvalue weighted by Gasteiger charge is -2.38. The number of carbonyl (C=O) groups is 1. The quantitative estimate of drug-likeness (QED) is 0.848. The van der Waals surface area contributed by atoms with Gasteiger partial charge in [-0.2, -0.15) is 0 Å². The number of aliphatic hydroxyl groups is 1. The summed E-state index contributed by atoms with van der Waals surface area (Å²) >= 11 is 0. The number of hydrogen-bond acceptors (Lipinski definition) is 3. The topological polar surface area (TPSA) is 49.8 Å². The fourth-order valence-corrected chi connectivity index (χ4v) is 3.19. The lowest BCUT2D eigenvalue weighted by molar-refractivity contribution is -0.153. The summed E-state index contributed by atoms with van der Waals surface area (Å²) in [5.74, 6) is 0.0684. The second kappa shape index (κ2) is 5.54. The van der Waals surface area contributed by atoms with Crippen LogP contribution < -0.4 is 0 Å². The molecule has 2 aliphatic heterocycles. The molecule has 0 aromatic heterocycles. The summed E-state index contributed by atoms with van der Waals surface area (Å²) in [5, 5.41) is 9.45. The average Bonchev–Trinajstić information content (AvgIpc) is 2.48. The smallest absolute Gasteiger partial charge is 0.252 e. The van der Waals surface area contributed by atoms with Crippen molar-refractivity contribution in [3.63, 3.8) is 0 Å². The van der Waals surface area contributed by atoms with E-state index >= 15 is 0 Å². The third kappa shape index (κ3) is 2.45. The minimum absolute atomic E-state index is 0.0684. The lowest BCUT2D eigenvalue weighted by atomic mass is 9.92. The minimum Gasteiger partial charge on any atom is -0.391 e. The van der Waals surface area contributed by atoms with Crippen LogP contribution in [0.1, 0.15) is 36.9 Å². The molecule has 0 unspecified atom stereocenters. The molecule has 0 saturated carbocycles. The van der Waals surface area contributed by atoms with Gasteiger partial charge in [0.25, 0.3) is 5.91 Å². The second-order valence-corrected chi connectivity index (χ2v) is 5.71. The van der Waals surface area contributed by atoms with Gasteiger partial charge >= 0.3 is 0 Å². The highest BCUT2D eigenvalue weighted by Crippen LogP contribution is 2.30. The van der Waals surface area contributed by atoms with Gasteiger partial charge in [0.05, 0.1) is 18.8 Å². The summed E-state index contributed by atoms with van der Waals surface area (Å²) in [6, 6.07) is 8.42. The zero-order valence-electron chi connectivity index (χ0n) is 11.8. The van der Waals surface area contributed by atoms with Crippen molar-refractivity contribution in [2.75, 3.05) is 13.2 Å². The third-order valence-electron chi connectivity index (χ3n) is 4.41. The zero-order chi connectivity index (χ0) is 14.1. The predicted octanol–water partition coefficient (Wildman–Crippen LogP) is 1.67. The van der Waals surface area contributed by atoms with Crippen molar-refractivity contribution in [2.24, 2.45) is 0 Å². The van der Waals surface area contributed by atoms with E-state index in [1.807, 2.05) is 11.0 Å².